The number of rotatable bonds is 7. The van der Waals surface area contributed by atoms with Crippen molar-refractivity contribution < 1.29 is 14.0 Å². The topological polar surface area (TPSA) is 104 Å². The Bertz CT molecular complexity index is 910. The van der Waals surface area contributed by atoms with Crippen LogP contribution in [0.2, 0.25) is 0 Å². The van der Waals surface area contributed by atoms with E-state index in [0.717, 1.165) is 43.2 Å². The van der Waals surface area contributed by atoms with Crippen molar-refractivity contribution in [3.8, 4) is 0 Å². The normalized spacial score (nSPS) is 14.3. The third kappa shape index (κ3) is 6.07. The second-order valence-electron chi connectivity index (χ2n) is 8.26. The summed E-state index contributed by atoms with van der Waals surface area (Å²) in [5.41, 5.74) is 6.45. The number of hydrogen-bond donors (Lipinski definition) is 3. The molecule has 4 N–H and O–H groups in total. The zero-order valence-electron chi connectivity index (χ0n) is 17.9. The van der Waals surface area contributed by atoms with Crippen LogP contribution in [0.1, 0.15) is 19.4 Å². The number of aromatic nitrogens is 1. The van der Waals surface area contributed by atoms with Crippen molar-refractivity contribution in [2.45, 2.75) is 20.4 Å². The van der Waals surface area contributed by atoms with Crippen molar-refractivity contribution in [2.24, 2.45) is 11.1 Å². The van der Waals surface area contributed by atoms with Crippen LogP contribution in [0.4, 0.5) is 20.7 Å². The van der Waals surface area contributed by atoms with Crippen LogP contribution < -0.4 is 26.2 Å². The zero-order chi connectivity index (χ0) is 22.4. The average Bonchev–Trinajstić information content (AvgIpc) is 2.77. The first-order valence-corrected chi connectivity index (χ1v) is 10.3. The number of pyridine rings is 1. The second-order valence-corrected chi connectivity index (χ2v) is 8.26. The lowest BCUT2D eigenvalue weighted by Crippen LogP contribution is -2.47. The number of hydrogen-bond acceptors (Lipinski definition) is 5. The van der Waals surface area contributed by atoms with Gasteiger partial charge in [-0.1, -0.05) is 0 Å². The monoisotopic (exact) mass is 428 g/mol. The third-order valence-electron chi connectivity index (χ3n) is 5.42. The predicted molar refractivity (Wildman–Crippen MR) is 118 cm³/mol. The molecule has 0 radical (unpaired) electrons. The molecule has 166 valence electrons. The summed E-state index contributed by atoms with van der Waals surface area (Å²) in [7, 11) is 0. The van der Waals surface area contributed by atoms with Gasteiger partial charge in [0.1, 0.15) is 11.6 Å². The number of piperazine rings is 1. The van der Waals surface area contributed by atoms with Gasteiger partial charge in [0.05, 0.1) is 5.41 Å². The van der Waals surface area contributed by atoms with E-state index in [1.807, 2.05) is 12.1 Å². The van der Waals surface area contributed by atoms with E-state index in [9.17, 15) is 14.0 Å². The fraction of sp³-hybridized carbons (Fsp3) is 0.409. The molecule has 1 saturated heterocycles. The smallest absolute Gasteiger partial charge is 0.315 e. The molecule has 2 heterocycles. The van der Waals surface area contributed by atoms with E-state index in [4.69, 9.17) is 5.73 Å². The first-order valence-electron chi connectivity index (χ1n) is 10.3. The highest BCUT2D eigenvalue weighted by Gasteiger charge is 2.25. The number of anilines is 2. The van der Waals surface area contributed by atoms with E-state index in [0.29, 0.717) is 6.54 Å². The van der Waals surface area contributed by atoms with Crippen LogP contribution in [0.3, 0.4) is 0 Å². The highest BCUT2D eigenvalue weighted by Crippen LogP contribution is 2.20. The van der Waals surface area contributed by atoms with Gasteiger partial charge in [-0.05, 0) is 55.8 Å². The molecule has 3 amide bonds. The Labute approximate surface area is 181 Å². The molecule has 1 aromatic heterocycles. The predicted octanol–water partition coefficient (Wildman–Crippen LogP) is 1.86. The fourth-order valence-electron chi connectivity index (χ4n) is 3.22. The maximum absolute atomic E-state index is 13.1. The van der Waals surface area contributed by atoms with Gasteiger partial charge >= 0.3 is 6.03 Å². The standard InChI is InChI=1S/C22H29FN6O2/c1-22(2,20(24)30)15-27-21(31)26-14-16-7-8-25-19(13-16)29-11-9-28(10-12-29)18-5-3-17(23)4-6-18/h3-8,13H,9-12,14-15H2,1-2H3,(H2,24,30)(H2,26,27,31). The largest absolute Gasteiger partial charge is 0.369 e. The van der Waals surface area contributed by atoms with Gasteiger partial charge in [-0.2, -0.15) is 0 Å². The second kappa shape index (κ2) is 9.63. The average molecular weight is 429 g/mol. The number of nitrogens with zero attached hydrogens (tertiary/aromatic N) is 3. The van der Waals surface area contributed by atoms with Gasteiger partial charge in [-0.25, -0.2) is 14.2 Å². The molecule has 0 atom stereocenters. The quantitative estimate of drug-likeness (QED) is 0.625. The first kappa shape index (κ1) is 22.3. The maximum Gasteiger partial charge on any atom is 0.315 e. The van der Waals surface area contributed by atoms with Gasteiger partial charge in [0, 0.05) is 51.2 Å². The number of nitrogens with two attached hydrogens (primary N) is 1. The number of primary amides is 1. The maximum atomic E-state index is 13.1. The summed E-state index contributed by atoms with van der Waals surface area (Å²) in [5, 5.41) is 5.46. The van der Waals surface area contributed by atoms with Gasteiger partial charge in [-0.3, -0.25) is 4.79 Å². The van der Waals surface area contributed by atoms with Crippen LogP contribution >= 0.6 is 0 Å². The van der Waals surface area contributed by atoms with E-state index < -0.39 is 11.3 Å². The molecular weight excluding hydrogens is 399 g/mol. The highest BCUT2D eigenvalue weighted by molar-refractivity contribution is 5.81. The van der Waals surface area contributed by atoms with Gasteiger partial charge in [0.2, 0.25) is 5.91 Å². The van der Waals surface area contributed by atoms with Gasteiger partial charge in [0.15, 0.2) is 0 Å². The van der Waals surface area contributed by atoms with Crippen LogP contribution in [-0.4, -0.2) is 49.6 Å². The molecule has 0 saturated carbocycles. The Morgan fingerprint density at radius 1 is 1.06 bits per heavy atom. The lowest BCUT2D eigenvalue weighted by molar-refractivity contribution is -0.125. The van der Waals surface area contributed by atoms with Gasteiger partial charge in [-0.15, -0.1) is 0 Å². The lowest BCUT2D eigenvalue weighted by Gasteiger charge is -2.36. The molecule has 9 heteroatoms. The van der Waals surface area contributed by atoms with Crippen molar-refractivity contribution in [2.75, 3.05) is 42.5 Å². The molecule has 0 unspecified atom stereocenters. The van der Waals surface area contributed by atoms with E-state index in [-0.39, 0.29) is 18.4 Å². The Morgan fingerprint density at radius 3 is 2.35 bits per heavy atom. The number of carbonyl (C=O) groups excluding carboxylic acids is 2. The van der Waals surface area contributed by atoms with Crippen LogP contribution in [0.25, 0.3) is 0 Å². The molecule has 1 fully saturated rings. The van der Waals surface area contributed by atoms with Crippen molar-refractivity contribution in [3.05, 3.63) is 54.0 Å². The molecule has 31 heavy (non-hydrogen) atoms. The molecule has 1 aliphatic heterocycles. The molecule has 0 bridgehead atoms. The van der Waals surface area contributed by atoms with Crippen LogP contribution in [0, 0.1) is 11.2 Å². The SMILES string of the molecule is CC(C)(CNC(=O)NCc1ccnc(N2CCN(c3ccc(F)cc3)CC2)c1)C(N)=O. The summed E-state index contributed by atoms with van der Waals surface area (Å²) < 4.78 is 13.1. The first-order chi connectivity index (χ1) is 14.7. The number of nitrogens with one attached hydrogen (secondary N) is 2. The van der Waals surface area contributed by atoms with Crippen molar-refractivity contribution in [1.29, 1.82) is 0 Å². The summed E-state index contributed by atoms with van der Waals surface area (Å²) >= 11 is 0. The molecule has 0 aliphatic carbocycles. The number of amides is 3. The van der Waals surface area contributed by atoms with Gasteiger partial charge in [0.25, 0.3) is 0 Å². The third-order valence-corrected chi connectivity index (χ3v) is 5.42. The summed E-state index contributed by atoms with van der Waals surface area (Å²) in [6, 6.07) is 10.00. The van der Waals surface area contributed by atoms with E-state index in [1.165, 1.54) is 12.1 Å². The Balaban J connectivity index is 1.50. The molecule has 2 aromatic rings. The molecule has 1 aromatic carbocycles. The van der Waals surface area contributed by atoms with Gasteiger partial charge < -0.3 is 26.2 Å². The highest BCUT2D eigenvalue weighted by atomic mass is 19.1. The number of halogens is 1. The summed E-state index contributed by atoms with van der Waals surface area (Å²) in [4.78, 5) is 32.3. The molecule has 8 nitrogen and oxygen atoms in total. The molecule has 0 spiro atoms. The lowest BCUT2D eigenvalue weighted by atomic mass is 9.93. The van der Waals surface area contributed by atoms with Crippen LogP contribution in [0.15, 0.2) is 42.6 Å². The van der Waals surface area contributed by atoms with Crippen molar-refractivity contribution >= 4 is 23.4 Å². The Kier molecular flexibility index (Phi) is 6.94. The summed E-state index contributed by atoms with van der Waals surface area (Å²) in [6.07, 6.45) is 1.73. The molecular formula is C22H29FN6O2. The minimum atomic E-state index is -0.808. The van der Waals surface area contributed by atoms with E-state index in [2.05, 4.69) is 25.4 Å². The molecule has 1 aliphatic rings. The molecule has 3 rings (SSSR count). The number of carbonyl (C=O) groups is 2. The zero-order valence-corrected chi connectivity index (χ0v) is 17.9. The Morgan fingerprint density at radius 2 is 1.71 bits per heavy atom. The van der Waals surface area contributed by atoms with Crippen molar-refractivity contribution in [1.82, 2.24) is 15.6 Å². The van der Waals surface area contributed by atoms with Crippen LogP contribution in [-0.2, 0) is 11.3 Å². The minimum absolute atomic E-state index is 0.161. The van der Waals surface area contributed by atoms with Crippen LogP contribution in [0.5, 0.6) is 0 Å². The van der Waals surface area contributed by atoms with E-state index in [1.54, 1.807) is 32.2 Å². The summed E-state index contributed by atoms with van der Waals surface area (Å²) in [6.45, 7) is 7.08. The van der Waals surface area contributed by atoms with E-state index >= 15 is 0 Å². The summed E-state index contributed by atoms with van der Waals surface area (Å²) in [5.74, 6) is 0.154. The number of urea groups is 1. The van der Waals surface area contributed by atoms with Crippen molar-refractivity contribution in [3.63, 3.8) is 0 Å². The fourth-order valence-corrected chi connectivity index (χ4v) is 3.22. The Hall–Kier alpha value is -3.36. The number of benzene rings is 1. The minimum Gasteiger partial charge on any atom is -0.369 e.